The Balaban J connectivity index is 1.67. The van der Waals surface area contributed by atoms with Crippen molar-refractivity contribution in [3.63, 3.8) is 0 Å². The third-order valence-electron chi connectivity index (χ3n) is 4.11. The second-order valence-electron chi connectivity index (χ2n) is 5.99. The predicted molar refractivity (Wildman–Crippen MR) is 85.9 cm³/mol. The van der Waals surface area contributed by atoms with Crippen LogP contribution in [0.1, 0.15) is 36.7 Å². The Kier molecular flexibility index (Phi) is 4.29. The number of carbonyl (C=O) groups excluding carboxylic acids is 1. The maximum absolute atomic E-state index is 12.4. The lowest BCUT2D eigenvalue weighted by atomic mass is 10.0. The molecule has 0 fully saturated rings. The molecule has 23 heavy (non-hydrogen) atoms. The van der Waals surface area contributed by atoms with E-state index < -0.39 is 0 Å². The molecular formula is C16H21N5O2. The number of benzene rings is 1. The molecule has 0 saturated carbocycles. The quantitative estimate of drug-likeness (QED) is 0.907. The van der Waals surface area contributed by atoms with Gasteiger partial charge in [-0.25, -0.2) is 9.48 Å². The van der Waals surface area contributed by atoms with Crippen LogP contribution in [0.4, 0.5) is 10.5 Å². The molecule has 1 aliphatic heterocycles. The number of rotatable bonds is 3. The lowest BCUT2D eigenvalue weighted by Crippen LogP contribution is -2.41. The van der Waals surface area contributed by atoms with Crippen molar-refractivity contribution in [2.45, 2.75) is 39.5 Å². The molecule has 2 amide bonds. The number of carbonyl (C=O) groups is 1. The minimum Gasteiger partial charge on any atom is -0.390 e. The zero-order valence-corrected chi connectivity index (χ0v) is 13.4. The van der Waals surface area contributed by atoms with E-state index >= 15 is 0 Å². The lowest BCUT2D eigenvalue weighted by Gasteiger charge is -2.27. The highest BCUT2D eigenvalue weighted by atomic mass is 16.3. The van der Waals surface area contributed by atoms with Gasteiger partial charge in [0.05, 0.1) is 25.4 Å². The van der Waals surface area contributed by atoms with Crippen molar-refractivity contribution in [3.05, 3.63) is 41.2 Å². The summed E-state index contributed by atoms with van der Waals surface area (Å²) < 4.78 is 1.74. The van der Waals surface area contributed by atoms with E-state index in [0.29, 0.717) is 31.2 Å². The van der Waals surface area contributed by atoms with Gasteiger partial charge in [-0.3, -0.25) is 0 Å². The summed E-state index contributed by atoms with van der Waals surface area (Å²) in [6, 6.07) is 7.74. The summed E-state index contributed by atoms with van der Waals surface area (Å²) in [6.45, 7) is 5.66. The first-order valence-corrected chi connectivity index (χ1v) is 7.76. The summed E-state index contributed by atoms with van der Waals surface area (Å²) >= 11 is 0. The maximum atomic E-state index is 12.4. The third-order valence-corrected chi connectivity index (χ3v) is 4.11. The van der Waals surface area contributed by atoms with Gasteiger partial charge < -0.3 is 15.3 Å². The summed E-state index contributed by atoms with van der Waals surface area (Å²) in [6.07, 6.45) is 0. The van der Waals surface area contributed by atoms with Crippen LogP contribution in [0.15, 0.2) is 24.3 Å². The Morgan fingerprint density at radius 2 is 2.04 bits per heavy atom. The fourth-order valence-corrected chi connectivity index (χ4v) is 2.65. The number of nitrogens with zero attached hydrogens (tertiary/aromatic N) is 4. The summed E-state index contributed by atoms with van der Waals surface area (Å²) in [4.78, 5) is 14.1. The molecule has 1 aliphatic rings. The molecule has 2 heterocycles. The Morgan fingerprint density at radius 1 is 1.30 bits per heavy atom. The van der Waals surface area contributed by atoms with E-state index in [-0.39, 0.29) is 12.6 Å². The van der Waals surface area contributed by atoms with Crippen LogP contribution in [0, 0.1) is 0 Å². The van der Waals surface area contributed by atoms with Gasteiger partial charge >= 0.3 is 6.03 Å². The van der Waals surface area contributed by atoms with Crippen molar-refractivity contribution in [2.75, 3.05) is 11.9 Å². The second kappa shape index (κ2) is 6.37. The minimum atomic E-state index is -0.165. The van der Waals surface area contributed by atoms with E-state index in [1.165, 1.54) is 5.56 Å². The Labute approximate surface area is 134 Å². The molecule has 122 valence electrons. The van der Waals surface area contributed by atoms with Gasteiger partial charge in [0, 0.05) is 12.2 Å². The first kappa shape index (κ1) is 15.5. The number of aliphatic hydroxyl groups excluding tert-OH is 1. The maximum Gasteiger partial charge on any atom is 0.322 e. The lowest BCUT2D eigenvalue weighted by molar-refractivity contribution is 0.193. The molecule has 2 N–H and O–H groups in total. The van der Waals surface area contributed by atoms with Crippen molar-refractivity contribution in [2.24, 2.45) is 0 Å². The highest BCUT2D eigenvalue weighted by Gasteiger charge is 2.24. The Hall–Kier alpha value is -2.41. The molecule has 3 rings (SSSR count). The van der Waals surface area contributed by atoms with E-state index in [1.807, 2.05) is 24.3 Å². The molecule has 1 aromatic heterocycles. The number of urea groups is 1. The molecule has 0 unspecified atom stereocenters. The van der Waals surface area contributed by atoms with E-state index in [0.717, 1.165) is 11.4 Å². The molecule has 2 aromatic rings. The van der Waals surface area contributed by atoms with E-state index in [1.54, 1.807) is 9.58 Å². The number of aromatic nitrogens is 3. The monoisotopic (exact) mass is 315 g/mol. The summed E-state index contributed by atoms with van der Waals surface area (Å²) in [7, 11) is 0. The van der Waals surface area contributed by atoms with Crippen molar-refractivity contribution < 1.29 is 9.90 Å². The predicted octanol–water partition coefficient (Wildman–Crippen LogP) is 1.94. The van der Waals surface area contributed by atoms with Gasteiger partial charge in [0.15, 0.2) is 0 Å². The molecule has 7 nitrogen and oxygen atoms in total. The molecule has 0 atom stereocenters. The largest absolute Gasteiger partial charge is 0.390 e. The van der Waals surface area contributed by atoms with Crippen molar-refractivity contribution in [1.82, 2.24) is 19.9 Å². The molecule has 0 spiro atoms. The smallest absolute Gasteiger partial charge is 0.322 e. The van der Waals surface area contributed by atoms with Crippen LogP contribution in [-0.2, 0) is 19.7 Å². The number of nitrogens with one attached hydrogen (secondary N) is 1. The molecule has 0 aliphatic carbocycles. The SMILES string of the molecule is CC(C)c1ccc(NC(=O)N2CCn3nnc(CO)c3C2)cc1. The van der Waals surface area contributed by atoms with E-state index in [2.05, 4.69) is 29.5 Å². The highest BCUT2D eigenvalue weighted by Crippen LogP contribution is 2.19. The second-order valence-corrected chi connectivity index (χ2v) is 5.99. The number of fused-ring (bicyclic) bond motifs is 1. The Morgan fingerprint density at radius 3 is 2.70 bits per heavy atom. The zero-order chi connectivity index (χ0) is 16.4. The van der Waals surface area contributed by atoms with Gasteiger partial charge in [-0.05, 0) is 23.6 Å². The summed E-state index contributed by atoms with van der Waals surface area (Å²) in [5.41, 5.74) is 3.34. The topological polar surface area (TPSA) is 83.3 Å². The third kappa shape index (κ3) is 3.19. The molecule has 0 saturated heterocycles. The molecular weight excluding hydrogens is 294 g/mol. The molecule has 1 aromatic carbocycles. The van der Waals surface area contributed by atoms with Crippen molar-refractivity contribution in [1.29, 1.82) is 0 Å². The van der Waals surface area contributed by atoms with Crippen molar-refractivity contribution in [3.8, 4) is 0 Å². The average Bonchev–Trinajstić information content (AvgIpc) is 2.97. The number of hydrogen-bond acceptors (Lipinski definition) is 4. The fraction of sp³-hybridized carbons (Fsp3) is 0.438. The van der Waals surface area contributed by atoms with Crippen LogP contribution in [-0.4, -0.2) is 37.6 Å². The zero-order valence-electron chi connectivity index (χ0n) is 13.4. The normalized spacial score (nSPS) is 14.0. The van der Waals surface area contributed by atoms with E-state index in [4.69, 9.17) is 0 Å². The first-order chi connectivity index (χ1) is 11.1. The molecule has 0 radical (unpaired) electrons. The van der Waals surface area contributed by atoms with Crippen LogP contribution in [0.2, 0.25) is 0 Å². The number of hydrogen-bond donors (Lipinski definition) is 2. The molecule has 0 bridgehead atoms. The van der Waals surface area contributed by atoms with Gasteiger partial charge in [-0.2, -0.15) is 0 Å². The van der Waals surface area contributed by atoms with Crippen LogP contribution in [0.3, 0.4) is 0 Å². The van der Waals surface area contributed by atoms with E-state index in [9.17, 15) is 9.90 Å². The van der Waals surface area contributed by atoms with Crippen LogP contribution >= 0.6 is 0 Å². The number of anilines is 1. The van der Waals surface area contributed by atoms with Gasteiger partial charge in [0.2, 0.25) is 0 Å². The average molecular weight is 315 g/mol. The summed E-state index contributed by atoms with van der Waals surface area (Å²) in [5.74, 6) is 0.464. The van der Waals surface area contributed by atoms with Gasteiger partial charge in [0.25, 0.3) is 0 Å². The van der Waals surface area contributed by atoms with Gasteiger partial charge in [-0.1, -0.05) is 31.2 Å². The van der Waals surface area contributed by atoms with Crippen LogP contribution in [0.5, 0.6) is 0 Å². The fourth-order valence-electron chi connectivity index (χ4n) is 2.65. The summed E-state index contributed by atoms with van der Waals surface area (Å²) in [5, 5.41) is 20.1. The van der Waals surface area contributed by atoms with Gasteiger partial charge in [-0.15, -0.1) is 5.10 Å². The van der Waals surface area contributed by atoms with Gasteiger partial charge in [0.1, 0.15) is 5.69 Å². The Bertz CT molecular complexity index is 679. The first-order valence-electron chi connectivity index (χ1n) is 7.76. The standard InChI is InChI=1S/C16H21N5O2/c1-11(2)12-3-5-13(6-4-12)17-16(23)20-7-8-21-15(9-20)14(10-22)18-19-21/h3-6,11,22H,7-10H2,1-2H3,(H,17,23). The number of amides is 2. The molecule has 7 heteroatoms. The highest BCUT2D eigenvalue weighted by molar-refractivity contribution is 5.89. The minimum absolute atomic E-state index is 0.154. The van der Waals surface area contributed by atoms with Crippen LogP contribution < -0.4 is 5.32 Å². The van der Waals surface area contributed by atoms with Crippen LogP contribution in [0.25, 0.3) is 0 Å². The number of aliphatic hydroxyl groups is 1. The van der Waals surface area contributed by atoms with Crippen molar-refractivity contribution >= 4 is 11.7 Å².